The van der Waals surface area contributed by atoms with Crippen molar-refractivity contribution >= 4 is 35.7 Å². The fraction of sp³-hybridized carbons (Fsp3) is 0.269. The van der Waals surface area contributed by atoms with Crippen molar-refractivity contribution in [1.82, 2.24) is 25.2 Å². The van der Waals surface area contributed by atoms with E-state index in [9.17, 15) is 9.59 Å². The molecule has 0 aliphatic carbocycles. The Bertz CT molecular complexity index is 1260. The summed E-state index contributed by atoms with van der Waals surface area (Å²) in [7, 11) is 0. The summed E-state index contributed by atoms with van der Waals surface area (Å²) in [6.07, 6.45) is 9.75. The number of pyridine rings is 1. The molecule has 178 valence electrons. The van der Waals surface area contributed by atoms with E-state index in [0.29, 0.717) is 17.4 Å². The minimum Gasteiger partial charge on any atom is -0.378 e. The highest BCUT2D eigenvalue weighted by atomic mass is 16.2. The Labute approximate surface area is 203 Å². The van der Waals surface area contributed by atoms with Crippen LogP contribution in [0.25, 0.3) is 17.3 Å². The smallest absolute Gasteiger partial charge is 0.219 e. The zero-order chi connectivity index (χ0) is 24.4. The van der Waals surface area contributed by atoms with Crippen molar-refractivity contribution in [3.05, 3.63) is 65.6 Å². The molecule has 0 saturated carbocycles. The van der Waals surface area contributed by atoms with Gasteiger partial charge in [0.15, 0.2) is 0 Å². The highest BCUT2D eigenvalue weighted by molar-refractivity contribution is 5.80. The van der Waals surface area contributed by atoms with Gasteiger partial charge in [-0.3, -0.25) is 4.79 Å². The van der Waals surface area contributed by atoms with Crippen LogP contribution < -0.4 is 16.4 Å². The average molecular weight is 470 g/mol. The van der Waals surface area contributed by atoms with Crippen molar-refractivity contribution in [2.24, 2.45) is 0 Å². The lowest BCUT2D eigenvalue weighted by Gasteiger charge is -2.31. The Balaban J connectivity index is 1.42. The van der Waals surface area contributed by atoms with E-state index >= 15 is 0 Å². The summed E-state index contributed by atoms with van der Waals surface area (Å²) in [5.74, 6) is 1.37. The fourth-order valence-electron chi connectivity index (χ4n) is 4.69. The third-order valence-electron chi connectivity index (χ3n) is 6.63. The van der Waals surface area contributed by atoms with Crippen molar-refractivity contribution in [3.63, 3.8) is 0 Å². The number of nitrogens with one attached hydrogen (secondary N) is 2. The van der Waals surface area contributed by atoms with Crippen LogP contribution in [0.1, 0.15) is 48.4 Å². The number of nitrogens with zero attached hydrogens (tertiary/aromatic N) is 4. The third-order valence-corrected chi connectivity index (χ3v) is 6.63. The molecule has 3 aromatic rings. The number of hydrogen-bond acceptors (Lipinski definition) is 8. The van der Waals surface area contributed by atoms with E-state index in [2.05, 4.69) is 32.7 Å². The number of nitrogens with two attached hydrogens (primary N) is 1. The van der Waals surface area contributed by atoms with Crippen molar-refractivity contribution in [2.75, 3.05) is 24.1 Å². The summed E-state index contributed by atoms with van der Waals surface area (Å²) in [6.45, 7) is 3.22. The van der Waals surface area contributed by atoms with Gasteiger partial charge in [-0.15, -0.1) is 0 Å². The first-order valence-electron chi connectivity index (χ1n) is 11.6. The van der Waals surface area contributed by atoms with E-state index in [4.69, 9.17) is 10.7 Å². The van der Waals surface area contributed by atoms with E-state index in [1.807, 2.05) is 29.2 Å². The number of likely N-dealkylation sites (tertiary alicyclic amines) is 1. The topological polar surface area (TPSA) is 126 Å². The van der Waals surface area contributed by atoms with E-state index in [0.717, 1.165) is 54.6 Å². The van der Waals surface area contributed by atoms with Crippen LogP contribution in [0.2, 0.25) is 0 Å². The molecule has 9 nitrogen and oxygen atoms in total. The van der Waals surface area contributed by atoms with Crippen LogP contribution in [-0.4, -0.2) is 45.1 Å². The highest BCUT2D eigenvalue weighted by Gasteiger charge is 2.24. The lowest BCUT2D eigenvalue weighted by Crippen LogP contribution is -2.36. The number of benzene rings is 1. The first-order valence-corrected chi connectivity index (χ1v) is 11.6. The molecule has 1 amide bonds. The molecule has 0 radical (unpaired) electrons. The van der Waals surface area contributed by atoms with Gasteiger partial charge in [-0.2, -0.15) is 0 Å². The number of aromatic nitrogens is 3. The third kappa shape index (κ3) is 4.70. The number of amides is 1. The molecule has 0 bridgehead atoms. The summed E-state index contributed by atoms with van der Waals surface area (Å²) in [6, 6.07) is 9.71. The summed E-state index contributed by atoms with van der Waals surface area (Å²) in [4.78, 5) is 38.3. The number of rotatable bonds is 5. The second kappa shape index (κ2) is 9.54. The predicted molar refractivity (Wildman–Crippen MR) is 135 cm³/mol. The first-order chi connectivity index (χ1) is 17.0. The van der Waals surface area contributed by atoms with Crippen LogP contribution in [0.5, 0.6) is 0 Å². The molecule has 4 N–H and O–H groups in total. The number of fused-ring (bicyclic) bond motifs is 1. The number of carbonyl (C=O) groups is 2. The van der Waals surface area contributed by atoms with E-state index in [-0.39, 0.29) is 11.9 Å². The molecule has 1 atom stereocenters. The normalized spacial score (nSPS) is 17.4. The molecule has 4 heterocycles. The van der Waals surface area contributed by atoms with Crippen LogP contribution in [-0.2, 0) is 9.59 Å². The fourth-order valence-corrected chi connectivity index (χ4v) is 4.69. The Morgan fingerprint density at radius 3 is 2.54 bits per heavy atom. The van der Waals surface area contributed by atoms with Crippen LogP contribution in [0, 0.1) is 0 Å². The first kappa shape index (κ1) is 22.5. The zero-order valence-electron chi connectivity index (χ0n) is 19.4. The number of piperidine rings is 1. The summed E-state index contributed by atoms with van der Waals surface area (Å²) in [5.41, 5.74) is 10.8. The molecule has 1 saturated heterocycles. The van der Waals surface area contributed by atoms with Crippen molar-refractivity contribution in [2.45, 2.75) is 31.7 Å². The van der Waals surface area contributed by atoms with Crippen LogP contribution in [0.15, 0.2) is 48.9 Å². The van der Waals surface area contributed by atoms with Gasteiger partial charge in [0.25, 0.3) is 0 Å². The van der Waals surface area contributed by atoms with E-state index < -0.39 is 6.04 Å². The molecule has 2 aromatic heterocycles. The maximum atomic E-state index is 11.8. The molecule has 2 aliphatic heterocycles. The maximum absolute atomic E-state index is 11.8. The number of nitrogen functional groups attached to an aromatic ring is 1. The summed E-state index contributed by atoms with van der Waals surface area (Å²) >= 11 is 0. The second-order valence-corrected chi connectivity index (χ2v) is 8.83. The molecular formula is C26H27N7O2. The minimum absolute atomic E-state index is 0.143. The molecule has 9 heteroatoms. The van der Waals surface area contributed by atoms with Gasteiger partial charge in [-0.25, -0.2) is 15.0 Å². The van der Waals surface area contributed by atoms with Gasteiger partial charge in [0.2, 0.25) is 11.9 Å². The predicted octanol–water partition coefficient (Wildman–Crippen LogP) is 3.40. The Morgan fingerprint density at radius 1 is 1.17 bits per heavy atom. The van der Waals surface area contributed by atoms with Crippen molar-refractivity contribution in [1.29, 1.82) is 0 Å². The molecule has 35 heavy (non-hydrogen) atoms. The minimum atomic E-state index is -0.507. The Morgan fingerprint density at radius 2 is 1.89 bits per heavy atom. The standard InChI is InChI=1S/C26H27N7O2/c1-16(35)33-10-7-18(8-11-33)17-2-4-21(5-3-17)31-25-24-19(6-9-28-23(24)15-34)12-22(32-25)20-13-29-26(27)30-14-20/h2-6,9,12-15,18,23,28H,7-8,10-11H2,1H3,(H,31,32)(H2,27,29,30). The maximum Gasteiger partial charge on any atom is 0.219 e. The SMILES string of the molecule is CC(=O)N1CCC(c2ccc(Nc3nc(-c4cnc(N)nc4)cc4c3C(C=O)NC=C4)cc2)CC1. The van der Waals surface area contributed by atoms with Crippen LogP contribution in [0.3, 0.4) is 0 Å². The van der Waals surface area contributed by atoms with E-state index in [1.165, 1.54) is 5.56 Å². The largest absolute Gasteiger partial charge is 0.378 e. The van der Waals surface area contributed by atoms with Gasteiger partial charge >= 0.3 is 0 Å². The lowest BCUT2D eigenvalue weighted by molar-refractivity contribution is -0.129. The van der Waals surface area contributed by atoms with Gasteiger partial charge in [-0.05, 0) is 60.4 Å². The second-order valence-electron chi connectivity index (χ2n) is 8.83. The molecule has 0 spiro atoms. The Kier molecular flexibility index (Phi) is 6.13. The highest BCUT2D eigenvalue weighted by Crippen LogP contribution is 2.35. The molecule has 1 fully saturated rings. The Hall–Kier alpha value is -4.27. The van der Waals surface area contributed by atoms with Gasteiger partial charge in [0.1, 0.15) is 18.1 Å². The number of anilines is 3. The average Bonchev–Trinajstić information content (AvgIpc) is 2.89. The molecular weight excluding hydrogens is 442 g/mol. The molecule has 1 unspecified atom stereocenters. The van der Waals surface area contributed by atoms with Crippen molar-refractivity contribution < 1.29 is 9.59 Å². The summed E-state index contributed by atoms with van der Waals surface area (Å²) < 4.78 is 0. The molecule has 2 aliphatic rings. The van der Waals surface area contributed by atoms with Gasteiger partial charge in [-0.1, -0.05) is 12.1 Å². The van der Waals surface area contributed by atoms with Gasteiger partial charge in [0.05, 0.1) is 5.69 Å². The number of aldehydes is 1. The van der Waals surface area contributed by atoms with E-state index in [1.54, 1.807) is 25.5 Å². The quantitative estimate of drug-likeness (QED) is 0.486. The molecule has 1 aromatic carbocycles. The monoisotopic (exact) mass is 469 g/mol. The van der Waals surface area contributed by atoms with Crippen LogP contribution >= 0.6 is 0 Å². The van der Waals surface area contributed by atoms with Gasteiger partial charge < -0.3 is 26.1 Å². The lowest BCUT2D eigenvalue weighted by atomic mass is 9.89. The summed E-state index contributed by atoms with van der Waals surface area (Å²) in [5, 5.41) is 6.49. The van der Waals surface area contributed by atoms with Gasteiger partial charge in [0, 0.05) is 49.2 Å². The van der Waals surface area contributed by atoms with Crippen molar-refractivity contribution in [3.8, 4) is 11.3 Å². The number of hydrogen-bond donors (Lipinski definition) is 3. The number of carbonyl (C=O) groups excluding carboxylic acids is 2. The zero-order valence-corrected chi connectivity index (χ0v) is 19.4. The van der Waals surface area contributed by atoms with Crippen LogP contribution in [0.4, 0.5) is 17.5 Å². The molecule has 5 rings (SSSR count).